The maximum Gasteiger partial charge on any atom is 0.147 e. The molecule has 1 aromatic carbocycles. The molecule has 1 atom stereocenters. The Balaban J connectivity index is 2.86. The third-order valence-electron chi connectivity index (χ3n) is 2.27. The van der Waals surface area contributed by atoms with Gasteiger partial charge in [0, 0.05) is 22.3 Å². The Kier molecular flexibility index (Phi) is 5.22. The molecule has 0 spiro atoms. The fourth-order valence-electron chi connectivity index (χ4n) is 1.45. The van der Waals surface area contributed by atoms with Gasteiger partial charge in [0.1, 0.15) is 9.84 Å². The van der Waals surface area contributed by atoms with E-state index in [9.17, 15) is 8.42 Å². The van der Waals surface area contributed by atoms with Gasteiger partial charge in [-0.05, 0) is 30.2 Å². The van der Waals surface area contributed by atoms with E-state index >= 15 is 0 Å². The summed E-state index contributed by atoms with van der Waals surface area (Å²) in [7, 11) is -3.02. The molecule has 17 heavy (non-hydrogen) atoms. The lowest BCUT2D eigenvalue weighted by atomic mass is 10.1. The van der Waals surface area contributed by atoms with Crippen molar-refractivity contribution in [2.24, 2.45) is 5.84 Å². The molecule has 0 saturated carbocycles. The van der Waals surface area contributed by atoms with Crippen LogP contribution in [0.15, 0.2) is 18.2 Å². The first-order valence-corrected chi connectivity index (χ1v) is 7.73. The summed E-state index contributed by atoms with van der Waals surface area (Å²) in [4.78, 5) is 0. The molecule has 0 fully saturated rings. The van der Waals surface area contributed by atoms with Crippen molar-refractivity contribution in [1.29, 1.82) is 0 Å². The number of nitrogens with two attached hydrogens (primary N) is 1. The molecule has 0 heterocycles. The van der Waals surface area contributed by atoms with Crippen molar-refractivity contribution in [3.05, 3.63) is 33.8 Å². The molecule has 1 rings (SSSR count). The zero-order valence-corrected chi connectivity index (χ0v) is 11.6. The molecule has 4 nitrogen and oxygen atoms in total. The number of rotatable bonds is 5. The molecule has 1 aromatic rings. The van der Waals surface area contributed by atoms with E-state index in [1.165, 1.54) is 6.26 Å². The molecule has 96 valence electrons. The molecule has 0 radical (unpaired) electrons. The van der Waals surface area contributed by atoms with Gasteiger partial charge in [-0.1, -0.05) is 23.2 Å². The minimum atomic E-state index is -3.02. The second kappa shape index (κ2) is 6.02. The lowest BCUT2D eigenvalue weighted by molar-refractivity contribution is 0.531. The van der Waals surface area contributed by atoms with Crippen molar-refractivity contribution in [3.8, 4) is 0 Å². The molecule has 1 unspecified atom stereocenters. The van der Waals surface area contributed by atoms with Gasteiger partial charge in [0.2, 0.25) is 0 Å². The number of hydrogen-bond donors (Lipinski definition) is 2. The van der Waals surface area contributed by atoms with Crippen LogP contribution >= 0.6 is 23.2 Å². The summed E-state index contributed by atoms with van der Waals surface area (Å²) in [5.74, 6) is 5.45. The summed E-state index contributed by atoms with van der Waals surface area (Å²) >= 11 is 11.7. The highest BCUT2D eigenvalue weighted by molar-refractivity contribution is 7.90. The Hall–Kier alpha value is -0.330. The van der Waals surface area contributed by atoms with Gasteiger partial charge in [0.25, 0.3) is 0 Å². The van der Waals surface area contributed by atoms with E-state index in [1.807, 2.05) is 0 Å². The number of sulfone groups is 1. The minimum Gasteiger partial charge on any atom is -0.271 e. The van der Waals surface area contributed by atoms with Crippen LogP contribution in [0, 0.1) is 0 Å². The largest absolute Gasteiger partial charge is 0.271 e. The quantitative estimate of drug-likeness (QED) is 0.643. The average Bonchev–Trinajstić information content (AvgIpc) is 2.15. The van der Waals surface area contributed by atoms with Crippen LogP contribution in [0.3, 0.4) is 0 Å². The highest BCUT2D eigenvalue weighted by Gasteiger charge is 2.14. The lowest BCUT2D eigenvalue weighted by Crippen LogP contribution is -2.29. The molecule has 7 heteroatoms. The van der Waals surface area contributed by atoms with Gasteiger partial charge in [-0.25, -0.2) is 8.42 Å². The summed E-state index contributed by atoms with van der Waals surface area (Å²) < 4.78 is 22.2. The Labute approximate surface area is 111 Å². The van der Waals surface area contributed by atoms with Crippen LogP contribution in [-0.2, 0) is 9.84 Å². The van der Waals surface area contributed by atoms with Gasteiger partial charge in [-0.3, -0.25) is 11.3 Å². The molecule has 0 aliphatic heterocycles. The number of hydrazine groups is 1. The van der Waals surface area contributed by atoms with Crippen LogP contribution in [0.4, 0.5) is 0 Å². The van der Waals surface area contributed by atoms with E-state index in [-0.39, 0.29) is 11.8 Å². The third-order valence-corrected chi connectivity index (χ3v) is 3.68. The predicted molar refractivity (Wildman–Crippen MR) is 70.9 cm³/mol. The third kappa shape index (κ3) is 5.23. The van der Waals surface area contributed by atoms with Gasteiger partial charge in [0.05, 0.1) is 5.75 Å². The fourth-order valence-corrected chi connectivity index (χ4v) is 2.66. The Morgan fingerprint density at radius 1 is 1.29 bits per heavy atom. The zero-order chi connectivity index (χ0) is 13.1. The molecular weight excluding hydrogens is 283 g/mol. The first kappa shape index (κ1) is 14.7. The number of hydrogen-bond acceptors (Lipinski definition) is 4. The van der Waals surface area contributed by atoms with Gasteiger partial charge in [0.15, 0.2) is 0 Å². The summed E-state index contributed by atoms with van der Waals surface area (Å²) in [5.41, 5.74) is 3.34. The standard InChI is InChI=1S/C10H14Cl2N2O2S/c1-17(15,16)3-2-10(14-13)7-4-8(11)6-9(12)5-7/h4-6,10,14H,2-3,13H2,1H3. The van der Waals surface area contributed by atoms with Crippen molar-refractivity contribution in [2.45, 2.75) is 12.5 Å². The SMILES string of the molecule is CS(=O)(=O)CCC(NN)c1cc(Cl)cc(Cl)c1. The Morgan fingerprint density at radius 2 is 1.82 bits per heavy atom. The number of halogens is 2. The van der Waals surface area contributed by atoms with E-state index in [1.54, 1.807) is 18.2 Å². The van der Waals surface area contributed by atoms with Gasteiger partial charge in [-0.2, -0.15) is 0 Å². The highest BCUT2D eigenvalue weighted by atomic mass is 35.5. The molecular formula is C10H14Cl2N2O2S. The zero-order valence-electron chi connectivity index (χ0n) is 9.28. The molecule has 0 saturated heterocycles. The number of nitrogens with one attached hydrogen (secondary N) is 1. The topological polar surface area (TPSA) is 72.2 Å². The normalized spacial score (nSPS) is 13.6. The van der Waals surface area contributed by atoms with Gasteiger partial charge < -0.3 is 0 Å². The molecule has 0 amide bonds. The summed E-state index contributed by atoms with van der Waals surface area (Å²) in [5, 5.41) is 0.985. The summed E-state index contributed by atoms with van der Waals surface area (Å²) in [6, 6.07) is 4.73. The minimum absolute atomic E-state index is 0.0476. The van der Waals surface area contributed by atoms with E-state index in [0.29, 0.717) is 16.5 Å². The van der Waals surface area contributed by atoms with Crippen LogP contribution in [0.1, 0.15) is 18.0 Å². The smallest absolute Gasteiger partial charge is 0.147 e. The average molecular weight is 297 g/mol. The van der Waals surface area contributed by atoms with Crippen molar-refractivity contribution in [1.82, 2.24) is 5.43 Å². The first-order chi connectivity index (χ1) is 7.81. The number of benzene rings is 1. The van der Waals surface area contributed by atoms with Crippen LogP contribution in [0.25, 0.3) is 0 Å². The van der Waals surface area contributed by atoms with Crippen molar-refractivity contribution < 1.29 is 8.42 Å². The van der Waals surface area contributed by atoms with Crippen molar-refractivity contribution >= 4 is 33.0 Å². The lowest BCUT2D eigenvalue weighted by Gasteiger charge is -2.16. The van der Waals surface area contributed by atoms with Gasteiger partial charge >= 0.3 is 0 Å². The molecule has 0 aliphatic carbocycles. The van der Waals surface area contributed by atoms with Crippen LogP contribution < -0.4 is 11.3 Å². The maximum absolute atomic E-state index is 11.1. The van der Waals surface area contributed by atoms with E-state index < -0.39 is 9.84 Å². The predicted octanol–water partition coefficient (Wildman–Crippen LogP) is 1.93. The van der Waals surface area contributed by atoms with Crippen molar-refractivity contribution in [3.63, 3.8) is 0 Å². The highest BCUT2D eigenvalue weighted by Crippen LogP contribution is 2.25. The second-order valence-electron chi connectivity index (χ2n) is 3.84. The first-order valence-electron chi connectivity index (χ1n) is 4.91. The molecule has 0 aliphatic rings. The fraction of sp³-hybridized carbons (Fsp3) is 0.400. The van der Waals surface area contributed by atoms with Crippen LogP contribution in [-0.4, -0.2) is 20.4 Å². The van der Waals surface area contributed by atoms with E-state index in [4.69, 9.17) is 29.0 Å². The molecule has 0 aromatic heterocycles. The van der Waals surface area contributed by atoms with Crippen molar-refractivity contribution in [2.75, 3.05) is 12.0 Å². The van der Waals surface area contributed by atoms with E-state index in [2.05, 4.69) is 5.43 Å². The Bertz CT molecular complexity index is 471. The maximum atomic E-state index is 11.1. The molecule has 0 bridgehead atoms. The summed E-state index contributed by atoms with van der Waals surface area (Å²) in [6.07, 6.45) is 1.55. The van der Waals surface area contributed by atoms with Crippen LogP contribution in [0.2, 0.25) is 10.0 Å². The Morgan fingerprint density at radius 3 is 2.24 bits per heavy atom. The van der Waals surface area contributed by atoms with Gasteiger partial charge in [-0.15, -0.1) is 0 Å². The second-order valence-corrected chi connectivity index (χ2v) is 6.97. The molecule has 3 N–H and O–H groups in total. The monoisotopic (exact) mass is 296 g/mol. The van der Waals surface area contributed by atoms with Crippen LogP contribution in [0.5, 0.6) is 0 Å². The summed E-state index contributed by atoms with van der Waals surface area (Å²) in [6.45, 7) is 0. The van der Waals surface area contributed by atoms with E-state index in [0.717, 1.165) is 5.56 Å².